The van der Waals surface area contributed by atoms with Gasteiger partial charge in [-0.3, -0.25) is 4.79 Å². The topological polar surface area (TPSA) is 39.4 Å². The zero-order chi connectivity index (χ0) is 11.5. The molecule has 0 saturated carbocycles. The van der Waals surface area contributed by atoms with Crippen LogP contribution in [0.1, 0.15) is 25.0 Å². The lowest BCUT2D eigenvalue weighted by atomic mass is 10.1. The quantitative estimate of drug-likeness (QED) is 0.743. The number of benzene rings is 1. The molecule has 0 N–H and O–H groups in total. The van der Waals surface area contributed by atoms with Gasteiger partial charge in [-0.15, -0.1) is 0 Å². The van der Waals surface area contributed by atoms with Gasteiger partial charge in [0.1, 0.15) is 11.3 Å². The van der Waals surface area contributed by atoms with Crippen molar-refractivity contribution in [2.75, 3.05) is 7.11 Å². The molecular formula is C13H14O3. The van der Waals surface area contributed by atoms with E-state index in [9.17, 15) is 4.79 Å². The predicted octanol–water partition coefficient (Wildman–Crippen LogP) is 3.10. The second kappa shape index (κ2) is 4.39. The van der Waals surface area contributed by atoms with Gasteiger partial charge in [-0.25, -0.2) is 0 Å². The summed E-state index contributed by atoms with van der Waals surface area (Å²) < 4.78 is 10.3. The molecule has 0 aliphatic rings. The van der Waals surface area contributed by atoms with E-state index in [0.29, 0.717) is 6.42 Å². The van der Waals surface area contributed by atoms with Gasteiger partial charge < -0.3 is 9.15 Å². The summed E-state index contributed by atoms with van der Waals surface area (Å²) in [5.74, 6) is 0.652. The number of carbonyl (C=O) groups is 1. The molecule has 0 amide bonds. The Bertz CT molecular complexity index is 466. The van der Waals surface area contributed by atoms with Crippen molar-refractivity contribution in [1.82, 2.24) is 0 Å². The summed E-state index contributed by atoms with van der Waals surface area (Å²) in [7, 11) is 1.40. The molecule has 0 bridgehead atoms. The van der Waals surface area contributed by atoms with Crippen LogP contribution < -0.4 is 0 Å². The molecule has 16 heavy (non-hydrogen) atoms. The average Bonchev–Trinajstić information content (AvgIpc) is 2.72. The first kappa shape index (κ1) is 10.7. The summed E-state index contributed by atoms with van der Waals surface area (Å²) in [5.41, 5.74) is 0.856. The molecule has 2 rings (SSSR count). The lowest BCUT2D eigenvalue weighted by Gasteiger charge is -2.05. The first-order chi connectivity index (χ1) is 7.70. The van der Waals surface area contributed by atoms with Gasteiger partial charge in [0.05, 0.1) is 13.5 Å². The number of furan rings is 1. The number of para-hydroxylation sites is 1. The molecular weight excluding hydrogens is 204 g/mol. The van der Waals surface area contributed by atoms with E-state index in [2.05, 4.69) is 4.74 Å². The minimum Gasteiger partial charge on any atom is -0.469 e. The summed E-state index contributed by atoms with van der Waals surface area (Å²) in [4.78, 5) is 11.1. The summed E-state index contributed by atoms with van der Waals surface area (Å²) in [5, 5.41) is 1.06. The number of ether oxygens (including phenoxy) is 1. The number of hydrogen-bond donors (Lipinski definition) is 0. The van der Waals surface area contributed by atoms with Gasteiger partial charge in [-0.05, 0) is 12.1 Å². The van der Waals surface area contributed by atoms with Gasteiger partial charge in [0.15, 0.2) is 0 Å². The van der Waals surface area contributed by atoms with Crippen molar-refractivity contribution in [2.24, 2.45) is 0 Å². The SMILES string of the molecule is COC(=O)CC(C)c1cc2ccccc2o1. The fourth-order valence-electron chi connectivity index (χ4n) is 1.68. The number of fused-ring (bicyclic) bond motifs is 1. The van der Waals surface area contributed by atoms with Crippen molar-refractivity contribution in [2.45, 2.75) is 19.3 Å². The molecule has 1 atom stereocenters. The van der Waals surface area contributed by atoms with Crippen molar-refractivity contribution in [3.8, 4) is 0 Å². The van der Waals surface area contributed by atoms with Gasteiger partial charge in [-0.1, -0.05) is 25.1 Å². The van der Waals surface area contributed by atoms with Crippen LogP contribution in [0.3, 0.4) is 0 Å². The molecule has 0 aliphatic heterocycles. The fraction of sp³-hybridized carbons (Fsp3) is 0.308. The Morgan fingerprint density at radius 2 is 2.19 bits per heavy atom. The van der Waals surface area contributed by atoms with Crippen molar-refractivity contribution < 1.29 is 13.9 Å². The highest BCUT2D eigenvalue weighted by Gasteiger charge is 2.15. The van der Waals surface area contributed by atoms with Crippen molar-refractivity contribution >= 4 is 16.9 Å². The molecule has 84 valence electrons. The third kappa shape index (κ3) is 2.08. The number of esters is 1. The maximum atomic E-state index is 11.1. The lowest BCUT2D eigenvalue weighted by molar-refractivity contribution is -0.141. The second-order valence-corrected chi connectivity index (χ2v) is 3.87. The third-order valence-corrected chi connectivity index (χ3v) is 2.63. The van der Waals surface area contributed by atoms with Crippen LogP contribution in [0, 0.1) is 0 Å². The van der Waals surface area contributed by atoms with E-state index in [4.69, 9.17) is 4.42 Å². The Hall–Kier alpha value is -1.77. The highest BCUT2D eigenvalue weighted by molar-refractivity contribution is 5.78. The van der Waals surface area contributed by atoms with Gasteiger partial charge >= 0.3 is 5.97 Å². The number of methoxy groups -OCH3 is 1. The molecule has 1 aromatic heterocycles. The fourth-order valence-corrected chi connectivity index (χ4v) is 1.68. The van der Waals surface area contributed by atoms with Crippen LogP contribution >= 0.6 is 0 Å². The number of carbonyl (C=O) groups excluding carboxylic acids is 1. The molecule has 3 heteroatoms. The monoisotopic (exact) mass is 218 g/mol. The van der Waals surface area contributed by atoms with Crippen molar-refractivity contribution in [3.63, 3.8) is 0 Å². The van der Waals surface area contributed by atoms with Crippen LogP contribution in [-0.2, 0) is 9.53 Å². The summed E-state index contributed by atoms with van der Waals surface area (Å²) in [6.45, 7) is 1.95. The van der Waals surface area contributed by atoms with Crippen molar-refractivity contribution in [1.29, 1.82) is 0 Å². The van der Waals surface area contributed by atoms with E-state index in [1.54, 1.807) is 0 Å². The highest BCUT2D eigenvalue weighted by Crippen LogP contribution is 2.26. The normalized spacial score (nSPS) is 12.6. The maximum absolute atomic E-state index is 11.1. The summed E-state index contributed by atoms with van der Waals surface area (Å²) in [6.07, 6.45) is 0.344. The van der Waals surface area contributed by atoms with Crippen LogP contribution in [0.2, 0.25) is 0 Å². The van der Waals surface area contributed by atoms with Crippen LogP contribution in [-0.4, -0.2) is 13.1 Å². The van der Waals surface area contributed by atoms with Crippen LogP contribution in [0.5, 0.6) is 0 Å². The molecule has 0 aliphatic carbocycles. The van der Waals surface area contributed by atoms with E-state index in [1.807, 2.05) is 37.3 Å². The molecule has 1 aromatic carbocycles. The molecule has 0 radical (unpaired) electrons. The lowest BCUT2D eigenvalue weighted by Crippen LogP contribution is -2.05. The van der Waals surface area contributed by atoms with Crippen LogP contribution in [0.15, 0.2) is 34.7 Å². The standard InChI is InChI=1S/C13H14O3/c1-9(7-13(14)15-2)12-8-10-5-3-4-6-11(10)16-12/h3-6,8-9H,7H2,1-2H3. The van der Waals surface area contributed by atoms with Gasteiger partial charge in [-0.2, -0.15) is 0 Å². The largest absolute Gasteiger partial charge is 0.469 e. The first-order valence-electron chi connectivity index (χ1n) is 5.26. The third-order valence-electron chi connectivity index (χ3n) is 2.63. The van der Waals surface area contributed by atoms with Gasteiger partial charge in [0.2, 0.25) is 0 Å². The van der Waals surface area contributed by atoms with E-state index >= 15 is 0 Å². The Labute approximate surface area is 94.0 Å². The highest BCUT2D eigenvalue weighted by atomic mass is 16.5. The Morgan fingerprint density at radius 3 is 2.88 bits per heavy atom. The molecule has 0 fully saturated rings. The zero-order valence-electron chi connectivity index (χ0n) is 9.40. The predicted molar refractivity (Wildman–Crippen MR) is 61.3 cm³/mol. The smallest absolute Gasteiger partial charge is 0.306 e. The second-order valence-electron chi connectivity index (χ2n) is 3.87. The summed E-state index contributed by atoms with van der Waals surface area (Å²) >= 11 is 0. The Kier molecular flexibility index (Phi) is 2.95. The molecule has 0 saturated heterocycles. The van der Waals surface area contributed by atoms with E-state index in [0.717, 1.165) is 16.7 Å². The van der Waals surface area contributed by atoms with Crippen molar-refractivity contribution in [3.05, 3.63) is 36.1 Å². The average molecular weight is 218 g/mol. The number of hydrogen-bond acceptors (Lipinski definition) is 3. The summed E-state index contributed by atoms with van der Waals surface area (Å²) in [6, 6.07) is 9.78. The van der Waals surface area contributed by atoms with Crippen LogP contribution in [0.25, 0.3) is 11.0 Å². The minimum absolute atomic E-state index is 0.0415. The molecule has 3 nitrogen and oxygen atoms in total. The minimum atomic E-state index is -0.215. The van der Waals surface area contributed by atoms with E-state index in [1.165, 1.54) is 7.11 Å². The Balaban J connectivity index is 2.23. The first-order valence-corrected chi connectivity index (χ1v) is 5.26. The van der Waals surface area contributed by atoms with E-state index < -0.39 is 0 Å². The maximum Gasteiger partial charge on any atom is 0.306 e. The van der Waals surface area contributed by atoms with Crippen LogP contribution in [0.4, 0.5) is 0 Å². The van der Waals surface area contributed by atoms with E-state index in [-0.39, 0.29) is 11.9 Å². The molecule has 2 aromatic rings. The van der Waals surface area contributed by atoms with Gasteiger partial charge in [0, 0.05) is 11.3 Å². The number of rotatable bonds is 3. The zero-order valence-corrected chi connectivity index (χ0v) is 9.40. The molecule has 1 heterocycles. The van der Waals surface area contributed by atoms with Gasteiger partial charge in [0.25, 0.3) is 0 Å². The Morgan fingerprint density at radius 1 is 1.44 bits per heavy atom. The molecule has 1 unspecified atom stereocenters. The molecule has 0 spiro atoms.